The molecule has 0 spiro atoms. The molecule has 1 amide bonds. The molecule has 5 heteroatoms. The van der Waals surface area contributed by atoms with E-state index >= 15 is 0 Å². The standard InChI is InChI=1S/C20H18N4O/c21-13-15-5-1-2-6-16(15)20(25)24-11-9-14(10-12-24)19-22-17-7-3-4-8-18(17)23-19/h1-8,14H,9-12H2,(H,22,23). The maximum Gasteiger partial charge on any atom is 0.255 e. The summed E-state index contributed by atoms with van der Waals surface area (Å²) >= 11 is 0. The van der Waals surface area contributed by atoms with Gasteiger partial charge in [-0.25, -0.2) is 4.98 Å². The van der Waals surface area contributed by atoms with Crippen molar-refractivity contribution >= 4 is 16.9 Å². The first-order valence-corrected chi connectivity index (χ1v) is 8.49. The Morgan fingerprint density at radius 1 is 1.12 bits per heavy atom. The molecular weight excluding hydrogens is 312 g/mol. The zero-order chi connectivity index (χ0) is 17.2. The van der Waals surface area contributed by atoms with Crippen molar-refractivity contribution in [3.8, 4) is 6.07 Å². The van der Waals surface area contributed by atoms with Crippen molar-refractivity contribution in [2.45, 2.75) is 18.8 Å². The molecule has 0 unspecified atom stereocenters. The SMILES string of the molecule is N#Cc1ccccc1C(=O)N1CCC(c2nc3ccccc3[nH]2)CC1. The number of para-hydroxylation sites is 2. The zero-order valence-electron chi connectivity index (χ0n) is 13.8. The van der Waals surface area contributed by atoms with Crippen LogP contribution < -0.4 is 0 Å². The number of aromatic amines is 1. The molecule has 0 saturated carbocycles. The van der Waals surface area contributed by atoms with Crippen molar-refractivity contribution in [3.63, 3.8) is 0 Å². The average Bonchev–Trinajstić information content (AvgIpc) is 3.12. The molecule has 0 bridgehead atoms. The number of fused-ring (bicyclic) bond motifs is 1. The summed E-state index contributed by atoms with van der Waals surface area (Å²) in [4.78, 5) is 22.6. The van der Waals surface area contributed by atoms with E-state index in [4.69, 9.17) is 0 Å². The Balaban J connectivity index is 1.48. The number of hydrogen-bond donors (Lipinski definition) is 1. The van der Waals surface area contributed by atoms with Gasteiger partial charge in [0.2, 0.25) is 0 Å². The molecule has 1 fully saturated rings. The molecule has 0 atom stereocenters. The largest absolute Gasteiger partial charge is 0.342 e. The first kappa shape index (κ1) is 15.4. The number of nitrogens with one attached hydrogen (secondary N) is 1. The summed E-state index contributed by atoms with van der Waals surface area (Å²) in [6, 6.07) is 17.1. The number of amides is 1. The third-order valence-corrected chi connectivity index (χ3v) is 4.85. The van der Waals surface area contributed by atoms with Gasteiger partial charge in [-0.3, -0.25) is 4.79 Å². The Morgan fingerprint density at radius 2 is 1.84 bits per heavy atom. The lowest BCUT2D eigenvalue weighted by Crippen LogP contribution is -2.38. The van der Waals surface area contributed by atoms with Gasteiger partial charge in [-0.2, -0.15) is 5.26 Å². The molecule has 2 aromatic carbocycles. The molecule has 1 N–H and O–H groups in total. The van der Waals surface area contributed by atoms with Crippen molar-refractivity contribution in [2.24, 2.45) is 0 Å². The predicted molar refractivity (Wildman–Crippen MR) is 95.1 cm³/mol. The molecular formula is C20H18N4O. The number of likely N-dealkylation sites (tertiary alicyclic amines) is 1. The quantitative estimate of drug-likeness (QED) is 0.782. The van der Waals surface area contributed by atoms with Gasteiger partial charge in [-0.05, 0) is 37.1 Å². The predicted octanol–water partition coefficient (Wildman–Crippen LogP) is 3.45. The number of nitrogens with zero attached hydrogens (tertiary/aromatic N) is 3. The van der Waals surface area contributed by atoms with E-state index in [1.165, 1.54) is 0 Å². The highest BCUT2D eigenvalue weighted by atomic mass is 16.2. The van der Waals surface area contributed by atoms with Gasteiger partial charge in [0.25, 0.3) is 5.91 Å². The minimum atomic E-state index is -0.0554. The van der Waals surface area contributed by atoms with Crippen LogP contribution in [0.25, 0.3) is 11.0 Å². The molecule has 4 rings (SSSR count). The van der Waals surface area contributed by atoms with Crippen LogP contribution in [-0.4, -0.2) is 33.9 Å². The van der Waals surface area contributed by atoms with Crippen LogP contribution in [0, 0.1) is 11.3 Å². The van der Waals surface area contributed by atoms with Crippen LogP contribution in [0.2, 0.25) is 0 Å². The highest BCUT2D eigenvalue weighted by molar-refractivity contribution is 5.96. The van der Waals surface area contributed by atoms with Crippen LogP contribution in [-0.2, 0) is 0 Å². The number of hydrogen-bond acceptors (Lipinski definition) is 3. The lowest BCUT2D eigenvalue weighted by atomic mass is 9.95. The van der Waals surface area contributed by atoms with Gasteiger partial charge in [-0.1, -0.05) is 24.3 Å². The number of rotatable bonds is 2. The van der Waals surface area contributed by atoms with Crippen molar-refractivity contribution in [2.75, 3.05) is 13.1 Å². The fourth-order valence-corrected chi connectivity index (χ4v) is 3.46. The van der Waals surface area contributed by atoms with E-state index in [0.717, 1.165) is 29.7 Å². The Labute approximate surface area is 145 Å². The number of imidazole rings is 1. The van der Waals surface area contributed by atoms with Gasteiger partial charge < -0.3 is 9.88 Å². The monoisotopic (exact) mass is 330 g/mol. The number of carbonyl (C=O) groups excluding carboxylic acids is 1. The number of H-pyrrole nitrogens is 1. The maximum atomic E-state index is 12.7. The highest BCUT2D eigenvalue weighted by Gasteiger charge is 2.27. The van der Waals surface area contributed by atoms with E-state index in [9.17, 15) is 10.1 Å². The topological polar surface area (TPSA) is 72.8 Å². The second-order valence-corrected chi connectivity index (χ2v) is 6.36. The second-order valence-electron chi connectivity index (χ2n) is 6.36. The van der Waals surface area contributed by atoms with Gasteiger partial charge in [0.05, 0.1) is 28.2 Å². The molecule has 25 heavy (non-hydrogen) atoms. The van der Waals surface area contributed by atoms with Gasteiger partial charge in [0.1, 0.15) is 5.82 Å². The molecule has 0 aliphatic carbocycles. The first-order valence-electron chi connectivity index (χ1n) is 8.49. The Morgan fingerprint density at radius 3 is 2.60 bits per heavy atom. The summed E-state index contributed by atoms with van der Waals surface area (Å²) in [6.45, 7) is 1.36. The molecule has 3 aromatic rings. The van der Waals surface area contributed by atoms with Crippen LogP contribution in [0.5, 0.6) is 0 Å². The number of piperidine rings is 1. The molecule has 1 aliphatic heterocycles. The van der Waals surface area contributed by atoms with Gasteiger partial charge in [0.15, 0.2) is 0 Å². The number of nitriles is 1. The summed E-state index contributed by atoms with van der Waals surface area (Å²) in [5, 5.41) is 9.19. The fraction of sp³-hybridized carbons (Fsp3) is 0.250. The second kappa shape index (κ2) is 6.40. The smallest absolute Gasteiger partial charge is 0.255 e. The van der Waals surface area contributed by atoms with Crippen molar-refractivity contribution in [1.82, 2.24) is 14.9 Å². The zero-order valence-corrected chi connectivity index (χ0v) is 13.8. The number of aromatic nitrogens is 2. The Bertz CT molecular complexity index is 928. The lowest BCUT2D eigenvalue weighted by Gasteiger charge is -2.31. The van der Waals surface area contributed by atoms with Crippen molar-refractivity contribution in [3.05, 3.63) is 65.5 Å². The Hall–Kier alpha value is -3.13. The minimum Gasteiger partial charge on any atom is -0.342 e. The van der Waals surface area contributed by atoms with E-state index in [0.29, 0.717) is 30.1 Å². The Kier molecular flexibility index (Phi) is 3.95. The van der Waals surface area contributed by atoms with E-state index in [1.807, 2.05) is 29.2 Å². The number of carbonyl (C=O) groups is 1. The van der Waals surface area contributed by atoms with Crippen LogP contribution in [0.3, 0.4) is 0 Å². The summed E-state index contributed by atoms with van der Waals surface area (Å²) in [6.07, 6.45) is 1.75. The molecule has 5 nitrogen and oxygen atoms in total. The molecule has 1 aliphatic rings. The minimum absolute atomic E-state index is 0.0554. The van der Waals surface area contributed by atoms with Crippen LogP contribution in [0.1, 0.15) is 40.5 Å². The summed E-state index contributed by atoms with van der Waals surface area (Å²) < 4.78 is 0. The lowest BCUT2D eigenvalue weighted by molar-refractivity contribution is 0.0711. The highest BCUT2D eigenvalue weighted by Crippen LogP contribution is 2.28. The van der Waals surface area contributed by atoms with Crippen molar-refractivity contribution in [1.29, 1.82) is 5.26 Å². The van der Waals surface area contributed by atoms with E-state index in [-0.39, 0.29) is 5.91 Å². The molecule has 2 heterocycles. The van der Waals surface area contributed by atoms with Crippen LogP contribution in [0.4, 0.5) is 0 Å². The van der Waals surface area contributed by atoms with Gasteiger partial charge >= 0.3 is 0 Å². The number of benzene rings is 2. The average molecular weight is 330 g/mol. The van der Waals surface area contributed by atoms with Crippen molar-refractivity contribution < 1.29 is 4.79 Å². The van der Waals surface area contributed by atoms with Gasteiger partial charge in [-0.15, -0.1) is 0 Å². The third kappa shape index (κ3) is 2.87. The summed E-state index contributed by atoms with van der Waals surface area (Å²) in [5.74, 6) is 1.29. The molecule has 0 radical (unpaired) electrons. The first-order chi connectivity index (χ1) is 12.3. The van der Waals surface area contributed by atoms with Gasteiger partial charge in [0, 0.05) is 19.0 Å². The molecule has 124 valence electrons. The van der Waals surface area contributed by atoms with E-state index in [1.54, 1.807) is 24.3 Å². The van der Waals surface area contributed by atoms with E-state index < -0.39 is 0 Å². The fourth-order valence-electron chi connectivity index (χ4n) is 3.46. The summed E-state index contributed by atoms with van der Waals surface area (Å²) in [5.41, 5.74) is 2.97. The van der Waals surface area contributed by atoms with E-state index in [2.05, 4.69) is 16.0 Å². The molecule has 1 saturated heterocycles. The normalized spacial score (nSPS) is 15.2. The molecule has 1 aromatic heterocycles. The third-order valence-electron chi connectivity index (χ3n) is 4.85. The van der Waals surface area contributed by atoms with Crippen LogP contribution in [0.15, 0.2) is 48.5 Å². The summed E-state index contributed by atoms with van der Waals surface area (Å²) in [7, 11) is 0. The van der Waals surface area contributed by atoms with Crippen LogP contribution >= 0.6 is 0 Å². The maximum absolute atomic E-state index is 12.7.